The Morgan fingerprint density at radius 2 is 2.40 bits per heavy atom. The van der Waals surface area contributed by atoms with Crippen molar-refractivity contribution in [3.63, 3.8) is 0 Å². The van der Waals surface area contributed by atoms with Crippen LogP contribution in [0.5, 0.6) is 0 Å². The molecule has 0 saturated heterocycles. The van der Waals surface area contributed by atoms with Crippen LogP contribution < -0.4 is 10.2 Å². The Balaban J connectivity index is 1.71. The summed E-state index contributed by atoms with van der Waals surface area (Å²) in [5, 5.41) is 5.36. The Morgan fingerprint density at radius 3 is 3.20 bits per heavy atom. The second-order valence-corrected chi connectivity index (χ2v) is 5.94. The van der Waals surface area contributed by atoms with E-state index in [-0.39, 0.29) is 5.91 Å². The fourth-order valence-corrected chi connectivity index (χ4v) is 3.13. The van der Waals surface area contributed by atoms with Crippen LogP contribution in [0.4, 0.5) is 10.8 Å². The molecule has 20 heavy (non-hydrogen) atoms. The topological polar surface area (TPSA) is 45.2 Å². The normalized spacial score (nSPS) is 13.9. The van der Waals surface area contributed by atoms with E-state index >= 15 is 0 Å². The number of nitrogens with zero attached hydrogens (tertiary/aromatic N) is 2. The molecule has 1 aromatic carbocycles. The number of carbonyl (C=O) groups excluding carboxylic acids is 1. The molecule has 0 spiro atoms. The largest absolute Gasteiger partial charge is 0.362 e. The van der Waals surface area contributed by atoms with Gasteiger partial charge in [-0.2, -0.15) is 0 Å². The quantitative estimate of drug-likeness (QED) is 0.944. The molecule has 5 heteroatoms. The SMILES string of the molecule is Cc1ccc2c(c1)CCCN2CC(=O)Nc1nccs1. The molecule has 0 saturated carbocycles. The molecular weight excluding hydrogens is 270 g/mol. The summed E-state index contributed by atoms with van der Waals surface area (Å²) in [6.45, 7) is 3.42. The number of carbonyl (C=O) groups is 1. The van der Waals surface area contributed by atoms with Gasteiger partial charge < -0.3 is 10.2 Å². The monoisotopic (exact) mass is 287 g/mol. The van der Waals surface area contributed by atoms with Crippen LogP contribution in [0.3, 0.4) is 0 Å². The lowest BCUT2D eigenvalue weighted by Gasteiger charge is -2.30. The number of nitrogens with one attached hydrogen (secondary N) is 1. The van der Waals surface area contributed by atoms with Gasteiger partial charge in [0.1, 0.15) is 0 Å². The van der Waals surface area contributed by atoms with E-state index < -0.39 is 0 Å². The van der Waals surface area contributed by atoms with Crippen molar-refractivity contribution >= 4 is 28.1 Å². The summed E-state index contributed by atoms with van der Waals surface area (Å²) < 4.78 is 0. The maximum absolute atomic E-state index is 12.1. The van der Waals surface area contributed by atoms with E-state index in [1.807, 2.05) is 5.38 Å². The van der Waals surface area contributed by atoms with Crippen LogP contribution in [0, 0.1) is 6.92 Å². The highest BCUT2D eigenvalue weighted by atomic mass is 32.1. The maximum atomic E-state index is 12.1. The molecule has 3 rings (SSSR count). The van der Waals surface area contributed by atoms with Gasteiger partial charge in [-0.25, -0.2) is 4.98 Å². The van der Waals surface area contributed by atoms with Crippen molar-refractivity contribution in [1.29, 1.82) is 0 Å². The van der Waals surface area contributed by atoms with Gasteiger partial charge in [0.2, 0.25) is 5.91 Å². The first-order valence-electron chi connectivity index (χ1n) is 6.76. The summed E-state index contributed by atoms with van der Waals surface area (Å²) in [6, 6.07) is 6.45. The lowest BCUT2D eigenvalue weighted by atomic mass is 9.99. The van der Waals surface area contributed by atoms with Crippen molar-refractivity contribution in [1.82, 2.24) is 4.98 Å². The van der Waals surface area contributed by atoms with Crippen LogP contribution in [0.2, 0.25) is 0 Å². The Morgan fingerprint density at radius 1 is 1.50 bits per heavy atom. The smallest absolute Gasteiger partial charge is 0.245 e. The van der Waals surface area contributed by atoms with E-state index in [1.165, 1.54) is 28.2 Å². The van der Waals surface area contributed by atoms with Crippen LogP contribution >= 0.6 is 11.3 Å². The van der Waals surface area contributed by atoms with Gasteiger partial charge in [0.15, 0.2) is 5.13 Å². The van der Waals surface area contributed by atoms with E-state index in [4.69, 9.17) is 0 Å². The zero-order chi connectivity index (χ0) is 13.9. The summed E-state index contributed by atoms with van der Waals surface area (Å²) in [5.74, 6) is -0.00613. The van der Waals surface area contributed by atoms with Crippen molar-refractivity contribution in [3.8, 4) is 0 Å². The number of thiazole rings is 1. The molecule has 0 atom stereocenters. The van der Waals surface area contributed by atoms with Gasteiger partial charge in [-0.3, -0.25) is 4.79 Å². The van der Waals surface area contributed by atoms with Gasteiger partial charge in [0.25, 0.3) is 0 Å². The highest BCUT2D eigenvalue weighted by Crippen LogP contribution is 2.27. The molecule has 0 fully saturated rings. The summed E-state index contributed by atoms with van der Waals surface area (Å²) in [7, 11) is 0. The predicted molar refractivity (Wildman–Crippen MR) is 82.5 cm³/mol. The van der Waals surface area contributed by atoms with Gasteiger partial charge in [-0.1, -0.05) is 17.7 Å². The van der Waals surface area contributed by atoms with Gasteiger partial charge in [0.05, 0.1) is 6.54 Å². The summed E-state index contributed by atoms with van der Waals surface area (Å²) in [5.41, 5.74) is 3.81. The summed E-state index contributed by atoms with van der Waals surface area (Å²) in [6.07, 6.45) is 3.89. The first-order chi connectivity index (χ1) is 9.72. The standard InChI is InChI=1S/C15H17N3OS/c1-11-4-5-13-12(9-11)3-2-7-18(13)10-14(19)17-15-16-6-8-20-15/h4-6,8-9H,2-3,7,10H2,1H3,(H,16,17,19). The third-order valence-corrected chi connectivity index (χ3v) is 4.15. The van der Waals surface area contributed by atoms with E-state index in [2.05, 4.69) is 40.3 Å². The Labute approximate surface area is 122 Å². The van der Waals surface area contributed by atoms with Crippen molar-refractivity contribution < 1.29 is 4.79 Å². The molecule has 2 heterocycles. The lowest BCUT2D eigenvalue weighted by molar-refractivity contribution is -0.115. The van der Waals surface area contributed by atoms with Gasteiger partial charge in [0, 0.05) is 23.8 Å². The molecule has 104 valence electrons. The lowest BCUT2D eigenvalue weighted by Crippen LogP contribution is -2.36. The molecule has 4 nitrogen and oxygen atoms in total. The number of aryl methyl sites for hydroxylation is 2. The first-order valence-corrected chi connectivity index (χ1v) is 7.64. The van der Waals surface area contributed by atoms with E-state index in [0.717, 1.165) is 19.4 Å². The molecule has 1 amide bonds. The second-order valence-electron chi connectivity index (χ2n) is 5.04. The molecule has 0 radical (unpaired) electrons. The fraction of sp³-hybridized carbons (Fsp3) is 0.333. The zero-order valence-corrected chi connectivity index (χ0v) is 12.2. The molecule has 0 aliphatic carbocycles. The Kier molecular flexibility index (Phi) is 3.69. The number of hydrogen-bond acceptors (Lipinski definition) is 4. The highest BCUT2D eigenvalue weighted by molar-refractivity contribution is 7.13. The number of rotatable bonds is 3. The van der Waals surface area contributed by atoms with Gasteiger partial charge >= 0.3 is 0 Å². The van der Waals surface area contributed by atoms with Crippen molar-refractivity contribution in [3.05, 3.63) is 40.9 Å². The number of aromatic nitrogens is 1. The second kappa shape index (κ2) is 5.63. The average molecular weight is 287 g/mol. The van der Waals surface area contributed by atoms with Crippen LogP contribution in [-0.4, -0.2) is 24.0 Å². The van der Waals surface area contributed by atoms with Crippen molar-refractivity contribution in [2.75, 3.05) is 23.3 Å². The van der Waals surface area contributed by atoms with Gasteiger partial charge in [-0.05, 0) is 31.4 Å². The third kappa shape index (κ3) is 2.82. The predicted octanol–water partition coefficient (Wildman–Crippen LogP) is 2.84. The van der Waals surface area contributed by atoms with Gasteiger partial charge in [-0.15, -0.1) is 11.3 Å². The molecule has 0 bridgehead atoms. The summed E-state index contributed by atoms with van der Waals surface area (Å²) >= 11 is 1.44. The zero-order valence-electron chi connectivity index (χ0n) is 11.4. The minimum atomic E-state index is -0.00613. The molecule has 2 aromatic rings. The highest BCUT2D eigenvalue weighted by Gasteiger charge is 2.19. The number of benzene rings is 1. The number of fused-ring (bicyclic) bond motifs is 1. The minimum Gasteiger partial charge on any atom is -0.362 e. The fourth-order valence-electron chi connectivity index (χ4n) is 2.59. The van der Waals surface area contributed by atoms with E-state index in [1.54, 1.807) is 6.20 Å². The van der Waals surface area contributed by atoms with Crippen LogP contribution in [0.25, 0.3) is 0 Å². The molecule has 1 aliphatic rings. The van der Waals surface area contributed by atoms with Crippen LogP contribution in [-0.2, 0) is 11.2 Å². The number of hydrogen-bond donors (Lipinski definition) is 1. The van der Waals surface area contributed by atoms with Crippen molar-refractivity contribution in [2.24, 2.45) is 0 Å². The minimum absolute atomic E-state index is 0.00613. The Hall–Kier alpha value is -1.88. The average Bonchev–Trinajstić information content (AvgIpc) is 2.91. The Bertz CT molecular complexity index is 610. The molecule has 1 N–H and O–H groups in total. The third-order valence-electron chi connectivity index (χ3n) is 3.46. The number of anilines is 2. The van der Waals surface area contributed by atoms with E-state index in [0.29, 0.717) is 11.7 Å². The first kappa shape index (κ1) is 13.1. The van der Waals surface area contributed by atoms with E-state index in [9.17, 15) is 4.79 Å². The summed E-state index contributed by atoms with van der Waals surface area (Å²) in [4.78, 5) is 18.3. The molecule has 1 aromatic heterocycles. The molecular formula is C15H17N3OS. The molecule has 0 unspecified atom stereocenters. The number of amides is 1. The van der Waals surface area contributed by atoms with Crippen LogP contribution in [0.1, 0.15) is 17.5 Å². The molecule has 1 aliphatic heterocycles. The van der Waals surface area contributed by atoms with Crippen LogP contribution in [0.15, 0.2) is 29.8 Å². The maximum Gasteiger partial charge on any atom is 0.245 e. The van der Waals surface area contributed by atoms with Crippen molar-refractivity contribution in [2.45, 2.75) is 19.8 Å².